The van der Waals surface area contributed by atoms with Crippen LogP contribution in [0.3, 0.4) is 0 Å². The van der Waals surface area contributed by atoms with Crippen LogP contribution in [-0.4, -0.2) is 47.8 Å². The fourth-order valence-corrected chi connectivity index (χ4v) is 4.68. The second-order valence-corrected chi connectivity index (χ2v) is 8.63. The number of pyridine rings is 1. The number of para-hydroxylation sites is 1. The molecule has 0 amide bonds. The van der Waals surface area contributed by atoms with E-state index in [0.717, 1.165) is 55.6 Å². The molecule has 5 rings (SSSR count). The summed E-state index contributed by atoms with van der Waals surface area (Å²) in [6, 6.07) is 13.6. The zero-order valence-corrected chi connectivity index (χ0v) is 17.3. The summed E-state index contributed by atoms with van der Waals surface area (Å²) < 4.78 is 25.7. The highest BCUT2D eigenvalue weighted by atomic mass is 19.1. The molecule has 31 heavy (non-hydrogen) atoms. The molecule has 0 aliphatic carbocycles. The molecule has 162 valence electrons. The molecule has 0 unspecified atom stereocenters. The third kappa shape index (κ3) is 4.16. The van der Waals surface area contributed by atoms with Gasteiger partial charge in [-0.3, -0.25) is 4.79 Å². The number of likely N-dealkylation sites (tertiary alicyclic amines) is 1. The number of rotatable bonds is 5. The van der Waals surface area contributed by atoms with Crippen LogP contribution in [-0.2, 0) is 6.42 Å². The predicted molar refractivity (Wildman–Crippen MR) is 117 cm³/mol. The lowest BCUT2D eigenvalue weighted by Crippen LogP contribution is -2.51. The van der Waals surface area contributed by atoms with Crippen molar-refractivity contribution in [1.29, 1.82) is 0 Å². The van der Waals surface area contributed by atoms with E-state index in [1.54, 1.807) is 18.2 Å². The van der Waals surface area contributed by atoms with Crippen molar-refractivity contribution in [3.05, 3.63) is 70.3 Å². The number of ether oxygens (including phenoxy) is 2. The van der Waals surface area contributed by atoms with Crippen LogP contribution < -0.4 is 20.8 Å². The van der Waals surface area contributed by atoms with E-state index in [9.17, 15) is 9.18 Å². The molecule has 2 aliphatic rings. The summed E-state index contributed by atoms with van der Waals surface area (Å²) in [5.41, 5.74) is 7.62. The van der Waals surface area contributed by atoms with Gasteiger partial charge in [-0.05, 0) is 30.3 Å². The number of hydrogen-bond donors (Lipinski definition) is 2. The van der Waals surface area contributed by atoms with E-state index >= 15 is 0 Å². The number of nitrogens with one attached hydrogen (secondary N) is 1. The second-order valence-electron chi connectivity index (χ2n) is 8.63. The number of H-pyrrole nitrogens is 1. The van der Waals surface area contributed by atoms with E-state index in [1.165, 1.54) is 12.1 Å². The minimum absolute atomic E-state index is 0.157. The largest absolute Gasteiger partial charge is 0.490 e. The minimum atomic E-state index is -0.220. The van der Waals surface area contributed by atoms with Crippen LogP contribution in [0.5, 0.6) is 11.5 Å². The summed E-state index contributed by atoms with van der Waals surface area (Å²) in [6.45, 7) is 2.84. The van der Waals surface area contributed by atoms with Crippen LogP contribution in [0.1, 0.15) is 18.4 Å². The number of nitrogens with zero attached hydrogens (tertiary/aromatic N) is 1. The summed E-state index contributed by atoms with van der Waals surface area (Å²) in [5.74, 6) is 1.23. The van der Waals surface area contributed by atoms with Crippen LogP contribution in [0, 0.1) is 5.82 Å². The molecular formula is C24H26FN3O3. The molecule has 7 heteroatoms. The molecule has 0 radical (unpaired) electrons. The Morgan fingerprint density at radius 1 is 1.19 bits per heavy atom. The maximum Gasteiger partial charge on any atom is 0.248 e. The lowest BCUT2D eigenvalue weighted by Gasteiger charge is -2.39. The summed E-state index contributed by atoms with van der Waals surface area (Å²) >= 11 is 0. The maximum absolute atomic E-state index is 13.5. The van der Waals surface area contributed by atoms with E-state index < -0.39 is 0 Å². The first kappa shape index (κ1) is 20.0. The first-order valence-electron chi connectivity index (χ1n) is 10.7. The van der Waals surface area contributed by atoms with Crippen molar-refractivity contribution in [2.45, 2.75) is 30.9 Å². The lowest BCUT2D eigenvalue weighted by atomic mass is 9.87. The van der Waals surface area contributed by atoms with E-state index in [2.05, 4.69) is 9.88 Å². The predicted octanol–water partition coefficient (Wildman–Crippen LogP) is 2.84. The number of nitrogens with two attached hydrogens (primary N) is 1. The van der Waals surface area contributed by atoms with Gasteiger partial charge < -0.3 is 25.1 Å². The summed E-state index contributed by atoms with van der Waals surface area (Å²) in [7, 11) is 0. The van der Waals surface area contributed by atoms with E-state index in [1.807, 2.05) is 18.2 Å². The van der Waals surface area contributed by atoms with E-state index in [0.29, 0.717) is 17.9 Å². The number of halogens is 1. The Bertz CT molecular complexity index is 1150. The van der Waals surface area contributed by atoms with Crippen molar-refractivity contribution in [3.63, 3.8) is 0 Å². The van der Waals surface area contributed by atoms with Gasteiger partial charge in [-0.25, -0.2) is 4.39 Å². The van der Waals surface area contributed by atoms with Crippen LogP contribution >= 0.6 is 0 Å². The third-order valence-electron chi connectivity index (χ3n) is 6.30. The van der Waals surface area contributed by atoms with Crippen LogP contribution in [0.2, 0.25) is 0 Å². The molecule has 2 aromatic carbocycles. The van der Waals surface area contributed by atoms with Gasteiger partial charge in [-0.1, -0.05) is 12.1 Å². The second kappa shape index (κ2) is 7.98. The fourth-order valence-electron chi connectivity index (χ4n) is 4.68. The number of fused-ring (bicyclic) bond motifs is 2. The molecule has 0 bridgehead atoms. The van der Waals surface area contributed by atoms with Gasteiger partial charge in [0.1, 0.15) is 29.5 Å². The first-order chi connectivity index (χ1) is 15.0. The standard InChI is InChI=1S/C24H26FN3O3/c25-18-5-6-20-17(12-18)13-24(31-20)8-10-28(11-9-24)14-19(26)15-30-21-3-1-2-16-4-7-22(29)27-23(16)21/h1-7,12,19H,8-11,13-15,26H2,(H,27,29)/t19-/m1/s1. The Morgan fingerprint density at radius 3 is 2.87 bits per heavy atom. The van der Waals surface area contributed by atoms with Crippen LogP contribution in [0.15, 0.2) is 53.3 Å². The van der Waals surface area contributed by atoms with Crippen molar-refractivity contribution in [2.24, 2.45) is 5.73 Å². The highest BCUT2D eigenvalue weighted by Gasteiger charge is 2.42. The normalized spacial score (nSPS) is 18.6. The zero-order chi connectivity index (χ0) is 21.4. The molecule has 3 N–H and O–H groups in total. The molecule has 1 spiro atoms. The van der Waals surface area contributed by atoms with Crippen LogP contribution in [0.4, 0.5) is 4.39 Å². The minimum Gasteiger partial charge on any atom is -0.490 e. The molecule has 2 aliphatic heterocycles. The average Bonchev–Trinajstić information content (AvgIpc) is 3.11. The maximum atomic E-state index is 13.5. The molecule has 0 saturated carbocycles. The van der Waals surface area contributed by atoms with E-state index in [4.69, 9.17) is 15.2 Å². The fraction of sp³-hybridized carbons (Fsp3) is 0.375. The topological polar surface area (TPSA) is 80.6 Å². The quantitative estimate of drug-likeness (QED) is 0.660. The number of piperidine rings is 1. The Kier molecular flexibility index (Phi) is 5.16. The number of hydrogen-bond acceptors (Lipinski definition) is 5. The smallest absolute Gasteiger partial charge is 0.248 e. The Balaban J connectivity index is 1.15. The van der Waals surface area contributed by atoms with Crippen molar-refractivity contribution in [3.8, 4) is 11.5 Å². The van der Waals surface area contributed by atoms with Gasteiger partial charge in [0.05, 0.1) is 11.6 Å². The Labute approximate surface area is 179 Å². The SMILES string of the molecule is N[C@@H](COc1cccc2ccc(=O)[nH]c12)CN1CCC2(CC1)Cc1cc(F)ccc1O2. The van der Waals surface area contributed by atoms with Crippen LogP contribution in [0.25, 0.3) is 10.9 Å². The average molecular weight is 423 g/mol. The van der Waals surface area contributed by atoms with Gasteiger partial charge in [-0.2, -0.15) is 0 Å². The van der Waals surface area contributed by atoms with Crippen molar-refractivity contribution in [2.75, 3.05) is 26.2 Å². The van der Waals surface area contributed by atoms with Gasteiger partial charge in [0.15, 0.2) is 0 Å². The van der Waals surface area contributed by atoms with E-state index in [-0.39, 0.29) is 23.0 Å². The van der Waals surface area contributed by atoms with Gasteiger partial charge >= 0.3 is 0 Å². The summed E-state index contributed by atoms with van der Waals surface area (Å²) in [4.78, 5) is 16.8. The van der Waals surface area contributed by atoms with Gasteiger partial charge in [0.2, 0.25) is 5.56 Å². The van der Waals surface area contributed by atoms with Gasteiger partial charge in [0, 0.05) is 55.9 Å². The first-order valence-corrected chi connectivity index (χ1v) is 10.7. The molecular weight excluding hydrogens is 397 g/mol. The molecule has 3 aromatic rings. The summed E-state index contributed by atoms with van der Waals surface area (Å²) in [5, 5.41) is 0.921. The molecule has 3 heterocycles. The number of aromatic nitrogens is 1. The Morgan fingerprint density at radius 2 is 2.03 bits per heavy atom. The molecule has 1 saturated heterocycles. The summed E-state index contributed by atoms with van der Waals surface area (Å²) in [6.07, 6.45) is 2.55. The number of aromatic amines is 1. The molecule has 1 atom stereocenters. The molecule has 1 fully saturated rings. The number of benzene rings is 2. The zero-order valence-electron chi connectivity index (χ0n) is 17.3. The van der Waals surface area contributed by atoms with Crippen molar-refractivity contribution >= 4 is 10.9 Å². The lowest BCUT2D eigenvalue weighted by molar-refractivity contribution is 0.0166. The molecule has 1 aromatic heterocycles. The third-order valence-corrected chi connectivity index (χ3v) is 6.30. The van der Waals surface area contributed by atoms with Crippen molar-refractivity contribution < 1.29 is 13.9 Å². The highest BCUT2D eigenvalue weighted by Crippen LogP contribution is 2.41. The van der Waals surface area contributed by atoms with Crippen molar-refractivity contribution in [1.82, 2.24) is 9.88 Å². The monoisotopic (exact) mass is 423 g/mol. The van der Waals surface area contributed by atoms with Gasteiger partial charge in [0.25, 0.3) is 0 Å². The van der Waals surface area contributed by atoms with Gasteiger partial charge in [-0.15, -0.1) is 0 Å². The Hall–Kier alpha value is -2.90. The molecule has 6 nitrogen and oxygen atoms in total. The highest BCUT2D eigenvalue weighted by molar-refractivity contribution is 5.84.